The van der Waals surface area contributed by atoms with Gasteiger partial charge in [-0.15, -0.1) is 0 Å². The molecule has 78 valence electrons. The average Bonchev–Trinajstić information content (AvgIpc) is 2.30. The van der Waals surface area contributed by atoms with Gasteiger partial charge in [0.2, 0.25) is 0 Å². The number of ketones is 1. The molecule has 2 rings (SSSR count). The van der Waals surface area contributed by atoms with E-state index in [0.29, 0.717) is 0 Å². The second-order valence-electron chi connectivity index (χ2n) is 3.71. The Bertz CT molecular complexity index is 393. The van der Waals surface area contributed by atoms with E-state index in [4.69, 9.17) is 4.74 Å². The molecule has 0 saturated heterocycles. The fourth-order valence-electron chi connectivity index (χ4n) is 1.91. The Hall–Kier alpha value is -1.57. The first-order valence-corrected chi connectivity index (χ1v) is 5.15. The monoisotopic (exact) mass is 202 g/mol. The zero-order chi connectivity index (χ0) is 10.7. The summed E-state index contributed by atoms with van der Waals surface area (Å²) in [5.41, 5.74) is 1.06. The number of carbonyl (C=O) groups excluding carboxylic acids is 1. The molecule has 0 heterocycles. The third-order valence-electron chi connectivity index (χ3n) is 2.74. The van der Waals surface area contributed by atoms with Gasteiger partial charge in [-0.25, -0.2) is 0 Å². The summed E-state index contributed by atoms with van der Waals surface area (Å²) in [6.07, 6.45) is 5.52. The topological polar surface area (TPSA) is 26.3 Å². The summed E-state index contributed by atoms with van der Waals surface area (Å²) in [4.78, 5) is 11.7. The van der Waals surface area contributed by atoms with Crippen LogP contribution in [0.25, 0.3) is 0 Å². The van der Waals surface area contributed by atoms with Gasteiger partial charge in [-0.3, -0.25) is 4.79 Å². The molecule has 2 heteroatoms. The maximum atomic E-state index is 11.7. The summed E-state index contributed by atoms with van der Waals surface area (Å²) in [5.74, 6) is 1.04. The average molecular weight is 202 g/mol. The van der Waals surface area contributed by atoms with Gasteiger partial charge in [0, 0.05) is 5.92 Å². The van der Waals surface area contributed by atoms with Gasteiger partial charge in [-0.1, -0.05) is 18.2 Å². The minimum atomic E-state index is 0.0186. The van der Waals surface area contributed by atoms with Crippen molar-refractivity contribution in [1.82, 2.24) is 0 Å². The van der Waals surface area contributed by atoms with E-state index in [1.165, 1.54) is 0 Å². The molecule has 0 amide bonds. The number of hydrogen-bond donors (Lipinski definition) is 0. The van der Waals surface area contributed by atoms with Gasteiger partial charge in [-0.2, -0.15) is 0 Å². The fourth-order valence-corrected chi connectivity index (χ4v) is 1.91. The van der Waals surface area contributed by atoms with Crippen LogP contribution in [0.3, 0.4) is 0 Å². The molecule has 0 bridgehead atoms. The van der Waals surface area contributed by atoms with Crippen molar-refractivity contribution in [3.63, 3.8) is 0 Å². The summed E-state index contributed by atoms with van der Waals surface area (Å²) in [6.45, 7) is 0. The first-order valence-electron chi connectivity index (χ1n) is 5.15. The van der Waals surface area contributed by atoms with E-state index < -0.39 is 0 Å². The molecule has 1 unspecified atom stereocenters. The Morgan fingerprint density at radius 1 is 1.40 bits per heavy atom. The first-order chi connectivity index (χ1) is 7.31. The zero-order valence-electron chi connectivity index (χ0n) is 8.77. The Kier molecular flexibility index (Phi) is 2.86. The SMILES string of the molecule is COc1cccc(C2CCC=CC2=O)c1. The molecule has 2 nitrogen and oxygen atoms in total. The van der Waals surface area contributed by atoms with E-state index in [1.807, 2.05) is 30.3 Å². The van der Waals surface area contributed by atoms with Gasteiger partial charge < -0.3 is 4.74 Å². The molecule has 1 aromatic rings. The number of methoxy groups -OCH3 is 1. The fraction of sp³-hybridized carbons (Fsp3) is 0.308. The van der Waals surface area contributed by atoms with Gasteiger partial charge in [0.05, 0.1) is 7.11 Å². The van der Waals surface area contributed by atoms with Gasteiger partial charge in [0.25, 0.3) is 0 Å². The van der Waals surface area contributed by atoms with Crippen molar-refractivity contribution >= 4 is 5.78 Å². The van der Waals surface area contributed by atoms with Crippen LogP contribution in [0.15, 0.2) is 36.4 Å². The predicted octanol–water partition coefficient (Wildman–Crippen LogP) is 2.70. The van der Waals surface area contributed by atoms with Crippen molar-refractivity contribution in [2.75, 3.05) is 7.11 Å². The summed E-state index contributed by atoms with van der Waals surface area (Å²) < 4.78 is 5.15. The van der Waals surface area contributed by atoms with Gasteiger partial charge in [0.15, 0.2) is 5.78 Å². The predicted molar refractivity (Wildman–Crippen MR) is 59.1 cm³/mol. The number of hydrogen-bond acceptors (Lipinski definition) is 2. The van der Waals surface area contributed by atoms with Gasteiger partial charge in [-0.05, 0) is 36.6 Å². The molecule has 1 aliphatic rings. The maximum Gasteiger partial charge on any atom is 0.162 e. The van der Waals surface area contributed by atoms with E-state index in [0.717, 1.165) is 24.2 Å². The highest BCUT2D eigenvalue weighted by atomic mass is 16.5. The summed E-state index contributed by atoms with van der Waals surface area (Å²) in [5, 5.41) is 0. The molecule has 0 spiro atoms. The van der Waals surface area contributed by atoms with Crippen molar-refractivity contribution in [1.29, 1.82) is 0 Å². The highest BCUT2D eigenvalue weighted by Crippen LogP contribution is 2.28. The Labute approximate surface area is 89.6 Å². The Balaban J connectivity index is 2.28. The van der Waals surface area contributed by atoms with Crippen molar-refractivity contribution < 1.29 is 9.53 Å². The maximum absolute atomic E-state index is 11.7. The van der Waals surface area contributed by atoms with E-state index >= 15 is 0 Å². The van der Waals surface area contributed by atoms with Crippen molar-refractivity contribution in [3.05, 3.63) is 42.0 Å². The van der Waals surface area contributed by atoms with Gasteiger partial charge >= 0.3 is 0 Å². The Morgan fingerprint density at radius 2 is 2.27 bits per heavy atom. The first kappa shape index (κ1) is 9.97. The third-order valence-corrected chi connectivity index (χ3v) is 2.74. The third kappa shape index (κ3) is 2.09. The molecule has 0 N–H and O–H groups in total. The minimum absolute atomic E-state index is 0.0186. The van der Waals surface area contributed by atoms with Crippen LogP contribution in [0.5, 0.6) is 5.75 Å². The van der Waals surface area contributed by atoms with Crippen LogP contribution in [0.2, 0.25) is 0 Å². The number of rotatable bonds is 2. The Morgan fingerprint density at radius 3 is 3.00 bits per heavy atom. The van der Waals surface area contributed by atoms with Crippen molar-refractivity contribution in [2.45, 2.75) is 18.8 Å². The van der Waals surface area contributed by atoms with E-state index in [9.17, 15) is 4.79 Å². The quantitative estimate of drug-likeness (QED) is 0.737. The standard InChI is InChI=1S/C13H14O2/c1-15-11-6-4-5-10(9-11)12-7-2-3-8-13(12)14/h3-6,8-9,12H,2,7H2,1H3. The minimum Gasteiger partial charge on any atom is -0.497 e. The van der Waals surface area contributed by atoms with E-state index in [1.54, 1.807) is 13.2 Å². The summed E-state index contributed by atoms with van der Waals surface area (Å²) in [6, 6.07) is 7.76. The molecule has 1 atom stereocenters. The van der Waals surface area contributed by atoms with Crippen LogP contribution in [0.4, 0.5) is 0 Å². The van der Waals surface area contributed by atoms with Crippen LogP contribution >= 0.6 is 0 Å². The van der Waals surface area contributed by atoms with Crippen LogP contribution in [-0.4, -0.2) is 12.9 Å². The lowest BCUT2D eigenvalue weighted by Crippen LogP contribution is -2.12. The molecular formula is C13H14O2. The van der Waals surface area contributed by atoms with E-state index in [-0.39, 0.29) is 11.7 Å². The second kappa shape index (κ2) is 4.30. The lowest BCUT2D eigenvalue weighted by atomic mass is 9.87. The molecule has 1 aliphatic carbocycles. The molecule has 15 heavy (non-hydrogen) atoms. The molecule has 0 radical (unpaired) electrons. The van der Waals surface area contributed by atoms with E-state index in [2.05, 4.69) is 0 Å². The van der Waals surface area contributed by atoms with Crippen LogP contribution in [0.1, 0.15) is 24.3 Å². The van der Waals surface area contributed by atoms with Gasteiger partial charge in [0.1, 0.15) is 5.75 Å². The number of ether oxygens (including phenoxy) is 1. The molecular weight excluding hydrogens is 188 g/mol. The molecule has 0 aromatic heterocycles. The number of benzene rings is 1. The zero-order valence-corrected chi connectivity index (χ0v) is 8.77. The second-order valence-corrected chi connectivity index (χ2v) is 3.71. The van der Waals surface area contributed by atoms with Crippen LogP contribution < -0.4 is 4.74 Å². The normalized spacial score (nSPS) is 20.3. The smallest absolute Gasteiger partial charge is 0.162 e. The highest BCUT2D eigenvalue weighted by Gasteiger charge is 2.20. The molecule has 0 aliphatic heterocycles. The summed E-state index contributed by atoms with van der Waals surface area (Å²) >= 11 is 0. The molecule has 0 fully saturated rings. The van der Waals surface area contributed by atoms with Crippen molar-refractivity contribution in [2.24, 2.45) is 0 Å². The largest absolute Gasteiger partial charge is 0.497 e. The highest BCUT2D eigenvalue weighted by molar-refractivity contribution is 5.96. The van der Waals surface area contributed by atoms with Crippen LogP contribution in [-0.2, 0) is 4.79 Å². The lowest BCUT2D eigenvalue weighted by Gasteiger charge is -2.17. The summed E-state index contributed by atoms with van der Waals surface area (Å²) in [7, 11) is 1.64. The molecule has 1 aromatic carbocycles. The lowest BCUT2D eigenvalue weighted by molar-refractivity contribution is -0.116. The van der Waals surface area contributed by atoms with Crippen LogP contribution in [0, 0.1) is 0 Å². The molecule has 0 saturated carbocycles. The number of carbonyl (C=O) groups is 1. The van der Waals surface area contributed by atoms with Crippen molar-refractivity contribution in [3.8, 4) is 5.75 Å². The number of allylic oxidation sites excluding steroid dienone is 2.